The first-order valence-corrected chi connectivity index (χ1v) is 8.65. The van der Waals surface area contributed by atoms with Crippen LogP contribution in [0, 0.1) is 11.8 Å². The molecule has 1 heterocycles. The largest absolute Gasteiger partial charge is 0.393 e. The third kappa shape index (κ3) is 3.77. The number of hydrogen-bond acceptors (Lipinski definition) is 4. The van der Waals surface area contributed by atoms with Gasteiger partial charge in [-0.25, -0.2) is 0 Å². The topological polar surface area (TPSA) is 47.9 Å². The number of aliphatic hydroxyl groups is 1. The third-order valence-electron chi connectivity index (χ3n) is 5.13. The molecule has 128 valence electrons. The normalized spacial score (nSPS) is 36.4. The van der Waals surface area contributed by atoms with E-state index in [4.69, 9.17) is 14.2 Å². The lowest BCUT2D eigenvalue weighted by molar-refractivity contribution is -0.151. The fraction of sp³-hybridized carbons (Fsp3) is 0.684. The highest BCUT2D eigenvalue weighted by molar-refractivity contribution is 5.13. The molecule has 5 atom stereocenters. The van der Waals surface area contributed by atoms with E-state index >= 15 is 0 Å². The lowest BCUT2D eigenvalue weighted by Gasteiger charge is -2.29. The first kappa shape index (κ1) is 16.9. The van der Waals surface area contributed by atoms with Crippen LogP contribution in [0.15, 0.2) is 30.3 Å². The van der Waals surface area contributed by atoms with Crippen LogP contribution in [0.4, 0.5) is 0 Å². The molecule has 1 aromatic rings. The van der Waals surface area contributed by atoms with E-state index in [0.29, 0.717) is 25.6 Å². The minimum atomic E-state index is -0.550. The fourth-order valence-corrected chi connectivity index (χ4v) is 4.04. The van der Waals surface area contributed by atoms with Gasteiger partial charge in [-0.1, -0.05) is 43.7 Å². The Hall–Kier alpha value is -0.940. The Balaban J connectivity index is 1.64. The maximum atomic E-state index is 10.6. The number of rotatable bonds is 5. The molecular formula is C19H28O4. The van der Waals surface area contributed by atoms with Gasteiger partial charge in [0.25, 0.3) is 0 Å². The molecule has 1 saturated carbocycles. The van der Waals surface area contributed by atoms with Crippen LogP contribution in [0.1, 0.15) is 39.2 Å². The van der Waals surface area contributed by atoms with Gasteiger partial charge in [0.05, 0.1) is 31.5 Å². The van der Waals surface area contributed by atoms with Crippen LogP contribution in [0.3, 0.4) is 0 Å². The predicted molar refractivity (Wildman–Crippen MR) is 87.8 cm³/mol. The molecule has 1 aromatic carbocycles. The number of hydrogen-bond donors (Lipinski definition) is 1. The zero-order valence-corrected chi connectivity index (χ0v) is 14.3. The molecule has 0 spiro atoms. The second-order valence-electron chi connectivity index (χ2n) is 7.15. The van der Waals surface area contributed by atoms with Crippen LogP contribution in [0.2, 0.25) is 0 Å². The molecular weight excluding hydrogens is 292 g/mol. The van der Waals surface area contributed by atoms with Crippen LogP contribution >= 0.6 is 0 Å². The Bertz CT molecular complexity index is 501. The van der Waals surface area contributed by atoms with Gasteiger partial charge in [-0.2, -0.15) is 0 Å². The summed E-state index contributed by atoms with van der Waals surface area (Å²) in [6.45, 7) is 7.17. The maximum absolute atomic E-state index is 10.6. The van der Waals surface area contributed by atoms with E-state index in [-0.39, 0.29) is 24.2 Å². The van der Waals surface area contributed by atoms with Gasteiger partial charge in [0.1, 0.15) is 0 Å². The van der Waals surface area contributed by atoms with E-state index in [0.717, 1.165) is 6.42 Å². The Morgan fingerprint density at radius 1 is 1.26 bits per heavy atom. The Labute approximate surface area is 138 Å². The highest BCUT2D eigenvalue weighted by atomic mass is 16.7. The third-order valence-corrected chi connectivity index (χ3v) is 5.13. The Morgan fingerprint density at radius 3 is 2.61 bits per heavy atom. The average molecular weight is 320 g/mol. The van der Waals surface area contributed by atoms with E-state index in [9.17, 15) is 5.11 Å². The molecule has 1 saturated heterocycles. The van der Waals surface area contributed by atoms with E-state index < -0.39 is 5.79 Å². The molecule has 1 unspecified atom stereocenters. The van der Waals surface area contributed by atoms with Gasteiger partial charge in [-0.15, -0.1) is 0 Å². The van der Waals surface area contributed by atoms with Crippen molar-refractivity contribution in [3.05, 3.63) is 35.9 Å². The lowest BCUT2D eigenvalue weighted by Crippen LogP contribution is -2.36. The molecule has 0 aromatic heterocycles. The van der Waals surface area contributed by atoms with E-state index in [1.165, 1.54) is 5.56 Å². The Kier molecular flexibility index (Phi) is 5.07. The van der Waals surface area contributed by atoms with Crippen molar-refractivity contribution in [2.45, 2.75) is 64.3 Å². The number of ether oxygens (including phenoxy) is 3. The molecule has 3 rings (SSSR count). The maximum Gasteiger partial charge on any atom is 0.163 e. The molecule has 0 amide bonds. The van der Waals surface area contributed by atoms with Crippen molar-refractivity contribution in [2.75, 3.05) is 6.61 Å². The van der Waals surface area contributed by atoms with E-state index in [1.807, 2.05) is 32.0 Å². The van der Waals surface area contributed by atoms with Crippen LogP contribution in [0.25, 0.3) is 0 Å². The summed E-state index contributed by atoms with van der Waals surface area (Å²) < 4.78 is 17.9. The molecule has 0 bridgehead atoms. The fourth-order valence-electron chi connectivity index (χ4n) is 4.04. The van der Waals surface area contributed by atoms with Crippen LogP contribution in [-0.4, -0.2) is 35.8 Å². The Morgan fingerprint density at radius 2 is 2.00 bits per heavy atom. The van der Waals surface area contributed by atoms with Gasteiger partial charge in [-0.3, -0.25) is 0 Å². The molecule has 4 heteroatoms. The summed E-state index contributed by atoms with van der Waals surface area (Å²) in [7, 11) is 0. The molecule has 1 aliphatic carbocycles. The average Bonchev–Trinajstić information content (AvgIpc) is 3.04. The molecule has 2 fully saturated rings. The highest BCUT2D eigenvalue weighted by Gasteiger charge is 2.50. The van der Waals surface area contributed by atoms with E-state index in [1.54, 1.807) is 0 Å². The molecule has 1 N–H and O–H groups in total. The quantitative estimate of drug-likeness (QED) is 0.905. The van der Waals surface area contributed by atoms with Crippen LogP contribution in [-0.2, 0) is 20.8 Å². The monoisotopic (exact) mass is 320 g/mol. The first-order chi connectivity index (χ1) is 11.0. The van der Waals surface area contributed by atoms with Crippen molar-refractivity contribution in [2.24, 2.45) is 11.8 Å². The lowest BCUT2D eigenvalue weighted by atomic mass is 9.87. The van der Waals surface area contributed by atoms with Crippen LogP contribution in [0.5, 0.6) is 0 Å². The standard InChI is InChI=1S/C19H28O4/c1-4-14-16(21-11-13-8-6-5-7-9-13)10-15(20)18(14)17-12-22-19(2,3)23-17/h5-9,14-18,20H,4,10-12H2,1-3H3/t14-,15-,16+,17?,18+/m1/s1. The van der Waals surface area contributed by atoms with Gasteiger partial charge in [0, 0.05) is 12.3 Å². The van der Waals surface area contributed by atoms with Gasteiger partial charge in [-0.05, 0) is 25.3 Å². The first-order valence-electron chi connectivity index (χ1n) is 8.65. The van der Waals surface area contributed by atoms with Crippen molar-refractivity contribution in [1.82, 2.24) is 0 Å². The summed E-state index contributed by atoms with van der Waals surface area (Å²) >= 11 is 0. The van der Waals surface area contributed by atoms with E-state index in [2.05, 4.69) is 19.1 Å². The van der Waals surface area contributed by atoms with Gasteiger partial charge in [0.2, 0.25) is 0 Å². The summed E-state index contributed by atoms with van der Waals surface area (Å²) in [4.78, 5) is 0. The molecule has 23 heavy (non-hydrogen) atoms. The summed E-state index contributed by atoms with van der Waals surface area (Å²) in [6.07, 6.45) is 1.30. The minimum absolute atomic E-state index is 0.0460. The molecule has 0 radical (unpaired) electrons. The minimum Gasteiger partial charge on any atom is -0.393 e. The summed E-state index contributed by atoms with van der Waals surface area (Å²) in [6, 6.07) is 10.2. The molecule has 2 aliphatic rings. The van der Waals surface area contributed by atoms with Crippen molar-refractivity contribution in [3.8, 4) is 0 Å². The summed E-state index contributed by atoms with van der Waals surface area (Å²) in [5, 5.41) is 10.6. The van der Waals surface area contributed by atoms with Gasteiger partial charge >= 0.3 is 0 Å². The predicted octanol–water partition coefficient (Wildman–Crippen LogP) is 3.13. The van der Waals surface area contributed by atoms with Crippen molar-refractivity contribution >= 4 is 0 Å². The SMILES string of the molecule is CC[C@H]1[C@H](C2COC(C)(C)O2)[C@H](O)C[C@@H]1OCc1ccccc1. The summed E-state index contributed by atoms with van der Waals surface area (Å²) in [5.41, 5.74) is 1.17. The number of aliphatic hydroxyl groups excluding tert-OH is 1. The van der Waals surface area contributed by atoms with Crippen molar-refractivity contribution < 1.29 is 19.3 Å². The second kappa shape index (κ2) is 6.89. The zero-order valence-electron chi connectivity index (χ0n) is 14.3. The van der Waals surface area contributed by atoms with Gasteiger partial charge in [0.15, 0.2) is 5.79 Å². The van der Waals surface area contributed by atoms with Crippen molar-refractivity contribution in [3.63, 3.8) is 0 Å². The smallest absolute Gasteiger partial charge is 0.163 e. The molecule has 1 aliphatic heterocycles. The second-order valence-corrected chi connectivity index (χ2v) is 7.15. The number of benzene rings is 1. The zero-order chi connectivity index (χ0) is 16.4. The van der Waals surface area contributed by atoms with Crippen molar-refractivity contribution in [1.29, 1.82) is 0 Å². The van der Waals surface area contributed by atoms with Gasteiger partial charge < -0.3 is 19.3 Å². The summed E-state index contributed by atoms with van der Waals surface area (Å²) in [5.74, 6) is -0.162. The molecule has 4 nitrogen and oxygen atoms in total. The van der Waals surface area contributed by atoms with Crippen LogP contribution < -0.4 is 0 Å². The highest BCUT2D eigenvalue weighted by Crippen LogP contribution is 2.43.